The highest BCUT2D eigenvalue weighted by Crippen LogP contribution is 2.32. The Bertz CT molecular complexity index is 852. The molecule has 0 saturated heterocycles. The van der Waals surface area contributed by atoms with Gasteiger partial charge in [0.25, 0.3) is 0 Å². The molecule has 0 bridgehead atoms. The van der Waals surface area contributed by atoms with Gasteiger partial charge in [-0.1, -0.05) is 12.1 Å². The maximum atomic E-state index is 12.6. The Morgan fingerprint density at radius 3 is 2.25 bits per heavy atom. The molecular formula is C19H16F4O5. The minimum Gasteiger partial charge on any atom is -0.493 e. The molecule has 0 radical (unpaired) electrons. The molecule has 28 heavy (non-hydrogen) atoms. The fourth-order valence-corrected chi connectivity index (χ4v) is 2.37. The Hall–Kier alpha value is -3.23. The average Bonchev–Trinajstić information content (AvgIpc) is 2.64. The van der Waals surface area contributed by atoms with E-state index < -0.39 is 30.5 Å². The van der Waals surface area contributed by atoms with E-state index in [1.807, 2.05) is 0 Å². The van der Waals surface area contributed by atoms with E-state index in [1.54, 1.807) is 18.2 Å². The molecule has 0 atom stereocenters. The van der Waals surface area contributed by atoms with Crippen LogP contribution in [0.2, 0.25) is 0 Å². The number of benzene rings is 2. The molecule has 9 heteroatoms. The van der Waals surface area contributed by atoms with Crippen molar-refractivity contribution in [2.24, 2.45) is 0 Å². The van der Waals surface area contributed by atoms with Crippen LogP contribution in [-0.2, 0) is 0 Å². The van der Waals surface area contributed by atoms with E-state index in [1.165, 1.54) is 20.3 Å². The van der Waals surface area contributed by atoms with Crippen LogP contribution in [0, 0.1) is 0 Å². The fourth-order valence-electron chi connectivity index (χ4n) is 2.37. The number of methoxy groups -OCH3 is 2. The van der Waals surface area contributed by atoms with Crippen LogP contribution in [0.15, 0.2) is 42.5 Å². The van der Waals surface area contributed by atoms with Gasteiger partial charge in [0.1, 0.15) is 11.5 Å². The molecule has 2 rings (SSSR count). The molecular weight excluding hydrogens is 384 g/mol. The second-order valence-electron chi connectivity index (χ2n) is 5.20. The number of hydrogen-bond acceptors (Lipinski definition) is 5. The first-order chi connectivity index (χ1) is 13.3. The Morgan fingerprint density at radius 2 is 1.64 bits per heavy atom. The van der Waals surface area contributed by atoms with Gasteiger partial charge in [0, 0.05) is 11.6 Å². The first kappa shape index (κ1) is 21.1. The third-order valence-corrected chi connectivity index (χ3v) is 3.51. The smallest absolute Gasteiger partial charge is 0.387 e. The summed E-state index contributed by atoms with van der Waals surface area (Å²) in [5.41, 5.74) is 0.254. The summed E-state index contributed by atoms with van der Waals surface area (Å²) in [6.45, 7) is -6.41. The monoisotopic (exact) mass is 400 g/mol. The summed E-state index contributed by atoms with van der Waals surface area (Å²) in [5.74, 6) is -0.878. The molecule has 150 valence electrons. The second kappa shape index (κ2) is 9.63. The number of ketones is 1. The van der Waals surface area contributed by atoms with Gasteiger partial charge in [-0.2, -0.15) is 17.6 Å². The molecule has 0 fully saturated rings. The number of halogens is 4. The molecule has 0 aliphatic rings. The van der Waals surface area contributed by atoms with Gasteiger partial charge in [-0.3, -0.25) is 4.79 Å². The van der Waals surface area contributed by atoms with E-state index in [9.17, 15) is 22.4 Å². The lowest BCUT2D eigenvalue weighted by Crippen LogP contribution is -2.08. The number of hydrogen-bond donors (Lipinski definition) is 0. The minimum absolute atomic E-state index is 0.250. The summed E-state index contributed by atoms with van der Waals surface area (Å²) >= 11 is 0. The second-order valence-corrected chi connectivity index (χ2v) is 5.20. The normalized spacial score (nSPS) is 11.1. The zero-order valence-corrected chi connectivity index (χ0v) is 14.8. The topological polar surface area (TPSA) is 54.0 Å². The maximum absolute atomic E-state index is 12.6. The molecule has 0 aliphatic heterocycles. The zero-order chi connectivity index (χ0) is 20.7. The van der Waals surface area contributed by atoms with Crippen LogP contribution >= 0.6 is 0 Å². The number of carbonyl (C=O) groups is 1. The van der Waals surface area contributed by atoms with Crippen molar-refractivity contribution in [3.05, 3.63) is 53.6 Å². The molecule has 0 amide bonds. The average molecular weight is 400 g/mol. The van der Waals surface area contributed by atoms with E-state index in [0.717, 1.165) is 24.3 Å². The minimum atomic E-state index is -3.25. The molecule has 0 saturated carbocycles. The van der Waals surface area contributed by atoms with Crippen molar-refractivity contribution >= 4 is 11.9 Å². The van der Waals surface area contributed by atoms with Crippen LogP contribution in [0.3, 0.4) is 0 Å². The number of carbonyl (C=O) groups excluding carboxylic acids is 1. The Labute approximate surface area is 158 Å². The predicted octanol–water partition coefficient (Wildman–Crippen LogP) is 4.80. The summed E-state index contributed by atoms with van der Waals surface area (Å²) in [6, 6.07) is 7.90. The molecule has 2 aromatic carbocycles. The van der Waals surface area contributed by atoms with Crippen LogP contribution < -0.4 is 18.9 Å². The van der Waals surface area contributed by atoms with Gasteiger partial charge in [-0.25, -0.2) is 0 Å². The van der Waals surface area contributed by atoms with Crippen molar-refractivity contribution in [1.29, 1.82) is 0 Å². The summed E-state index contributed by atoms with van der Waals surface area (Å²) in [5, 5.41) is 0. The molecule has 0 heterocycles. The molecule has 5 nitrogen and oxygen atoms in total. The summed E-state index contributed by atoms with van der Waals surface area (Å²) in [4.78, 5) is 12.4. The van der Waals surface area contributed by atoms with E-state index in [0.29, 0.717) is 17.1 Å². The largest absolute Gasteiger partial charge is 0.493 e. The lowest BCUT2D eigenvalue weighted by molar-refractivity contribution is -0.0544. The van der Waals surface area contributed by atoms with Gasteiger partial charge in [0.15, 0.2) is 17.3 Å². The highest BCUT2D eigenvalue weighted by Gasteiger charge is 2.17. The Balaban J connectivity index is 2.34. The summed E-state index contributed by atoms with van der Waals surface area (Å²) < 4.78 is 68.6. The number of allylic oxidation sites excluding steroid dienone is 1. The molecule has 0 N–H and O–H groups in total. The highest BCUT2D eigenvalue weighted by molar-refractivity contribution is 6.08. The highest BCUT2D eigenvalue weighted by atomic mass is 19.3. The van der Waals surface area contributed by atoms with Crippen LogP contribution in [0.4, 0.5) is 17.6 Å². The number of rotatable bonds is 9. The summed E-state index contributed by atoms with van der Waals surface area (Å²) in [7, 11) is 2.88. The zero-order valence-electron chi connectivity index (χ0n) is 14.8. The van der Waals surface area contributed by atoms with Gasteiger partial charge < -0.3 is 18.9 Å². The van der Waals surface area contributed by atoms with E-state index >= 15 is 0 Å². The first-order valence-corrected chi connectivity index (χ1v) is 7.82. The van der Waals surface area contributed by atoms with Gasteiger partial charge in [-0.05, 0) is 30.4 Å². The van der Waals surface area contributed by atoms with Crippen molar-refractivity contribution in [3.8, 4) is 23.0 Å². The third-order valence-electron chi connectivity index (χ3n) is 3.51. The van der Waals surface area contributed by atoms with Crippen LogP contribution in [0.1, 0.15) is 15.9 Å². The lowest BCUT2D eigenvalue weighted by atomic mass is 10.1. The maximum Gasteiger partial charge on any atom is 0.387 e. The van der Waals surface area contributed by atoms with Crippen LogP contribution in [-0.4, -0.2) is 33.2 Å². The third kappa shape index (κ3) is 5.38. The van der Waals surface area contributed by atoms with Crippen molar-refractivity contribution in [1.82, 2.24) is 0 Å². The number of ether oxygens (including phenoxy) is 4. The SMILES string of the molecule is COc1cccc(/C=C/C(=O)c2ccc(OC(F)F)cc2OC(F)F)c1OC. The molecule has 0 spiro atoms. The van der Waals surface area contributed by atoms with E-state index in [-0.39, 0.29) is 5.56 Å². The van der Waals surface area contributed by atoms with Crippen molar-refractivity contribution in [2.75, 3.05) is 14.2 Å². The van der Waals surface area contributed by atoms with Gasteiger partial charge in [0.05, 0.1) is 19.8 Å². The van der Waals surface area contributed by atoms with Crippen molar-refractivity contribution in [3.63, 3.8) is 0 Å². The molecule has 2 aromatic rings. The Kier molecular flexibility index (Phi) is 7.25. The first-order valence-electron chi connectivity index (χ1n) is 7.82. The molecule has 0 aromatic heterocycles. The van der Waals surface area contributed by atoms with Crippen LogP contribution in [0.25, 0.3) is 6.08 Å². The van der Waals surface area contributed by atoms with Crippen LogP contribution in [0.5, 0.6) is 23.0 Å². The van der Waals surface area contributed by atoms with Gasteiger partial charge >= 0.3 is 13.2 Å². The fraction of sp³-hybridized carbons (Fsp3) is 0.211. The van der Waals surface area contributed by atoms with Gasteiger partial charge in [0.2, 0.25) is 0 Å². The van der Waals surface area contributed by atoms with E-state index in [2.05, 4.69) is 9.47 Å². The quantitative estimate of drug-likeness (QED) is 0.344. The van der Waals surface area contributed by atoms with E-state index in [4.69, 9.17) is 9.47 Å². The van der Waals surface area contributed by atoms with Gasteiger partial charge in [-0.15, -0.1) is 0 Å². The Morgan fingerprint density at radius 1 is 0.929 bits per heavy atom. The molecule has 0 unspecified atom stereocenters. The van der Waals surface area contributed by atoms with Crippen molar-refractivity contribution < 1.29 is 41.3 Å². The van der Waals surface area contributed by atoms with Crippen molar-refractivity contribution in [2.45, 2.75) is 13.2 Å². The predicted molar refractivity (Wildman–Crippen MR) is 92.6 cm³/mol. The lowest BCUT2D eigenvalue weighted by Gasteiger charge is -2.12. The summed E-state index contributed by atoms with van der Waals surface area (Å²) in [6.07, 6.45) is 2.51. The standard InChI is InChI=1S/C19H16F4O5/c1-25-15-5-3-4-11(17(15)26-2)6-9-14(24)13-8-7-12(27-18(20)21)10-16(13)28-19(22)23/h3-10,18-19H,1-2H3/b9-6+. The molecule has 0 aliphatic carbocycles. The number of alkyl halides is 4. The number of para-hydroxylation sites is 1.